The van der Waals surface area contributed by atoms with Gasteiger partial charge in [0.15, 0.2) is 0 Å². The van der Waals surface area contributed by atoms with Gasteiger partial charge in [-0.15, -0.1) is 0 Å². The summed E-state index contributed by atoms with van der Waals surface area (Å²) in [7, 11) is 0. The first kappa shape index (κ1) is 18.3. The molecule has 0 aliphatic carbocycles. The fourth-order valence-corrected chi connectivity index (χ4v) is 2.56. The summed E-state index contributed by atoms with van der Waals surface area (Å²) >= 11 is 3.44. The summed E-state index contributed by atoms with van der Waals surface area (Å²) in [5, 5.41) is 2.87. The molecule has 0 unspecified atom stereocenters. The Bertz CT molecular complexity index is 696. The number of carbonyl (C=O) groups excluding carboxylic acids is 1. The number of benzene rings is 2. The first-order chi connectivity index (χ1) is 11.3. The van der Waals surface area contributed by atoms with Gasteiger partial charge in [-0.25, -0.2) is 0 Å². The Hall–Kier alpha value is -2.01. The molecular formula is C19H22BrNO3. The van der Waals surface area contributed by atoms with E-state index in [1.807, 2.05) is 52.0 Å². The average Bonchev–Trinajstić information content (AvgIpc) is 2.50. The van der Waals surface area contributed by atoms with Gasteiger partial charge in [0.25, 0.3) is 5.91 Å². The van der Waals surface area contributed by atoms with Crippen molar-refractivity contribution in [2.24, 2.45) is 0 Å². The van der Waals surface area contributed by atoms with Gasteiger partial charge in [-0.05, 0) is 86.1 Å². The molecule has 0 atom stereocenters. The van der Waals surface area contributed by atoms with E-state index < -0.39 is 0 Å². The quantitative estimate of drug-likeness (QED) is 0.728. The summed E-state index contributed by atoms with van der Waals surface area (Å²) in [5.74, 6) is 1.32. The summed E-state index contributed by atoms with van der Waals surface area (Å²) in [5.41, 5.74) is 1.27. The van der Waals surface area contributed by atoms with Crippen LogP contribution < -0.4 is 14.8 Å². The van der Waals surface area contributed by atoms with E-state index >= 15 is 0 Å². The highest BCUT2D eigenvalue weighted by atomic mass is 79.9. The number of carbonyl (C=O) groups is 1. The molecule has 0 aliphatic rings. The summed E-state index contributed by atoms with van der Waals surface area (Å²) in [6, 6.07) is 12.6. The minimum Gasteiger partial charge on any atom is -0.491 e. The zero-order valence-electron chi connectivity index (χ0n) is 14.3. The van der Waals surface area contributed by atoms with Crippen LogP contribution in [0.1, 0.15) is 38.1 Å². The van der Waals surface area contributed by atoms with Crippen molar-refractivity contribution >= 4 is 27.5 Å². The van der Waals surface area contributed by atoms with Gasteiger partial charge in [0, 0.05) is 11.3 Å². The van der Waals surface area contributed by atoms with Crippen LogP contribution in [0, 0.1) is 0 Å². The van der Waals surface area contributed by atoms with Crippen LogP contribution in [0.5, 0.6) is 11.5 Å². The largest absolute Gasteiger partial charge is 0.491 e. The SMILES string of the molecule is CC(C)Oc1ccc(NC(=O)c2ccc(OC(C)C)c(Br)c2)cc1. The lowest BCUT2D eigenvalue weighted by Crippen LogP contribution is -2.12. The molecular weight excluding hydrogens is 370 g/mol. The van der Waals surface area contributed by atoms with Crippen molar-refractivity contribution in [2.45, 2.75) is 39.9 Å². The van der Waals surface area contributed by atoms with E-state index in [0.29, 0.717) is 5.56 Å². The van der Waals surface area contributed by atoms with Gasteiger partial charge in [-0.2, -0.15) is 0 Å². The minimum absolute atomic E-state index is 0.0764. The van der Waals surface area contributed by atoms with Crippen molar-refractivity contribution in [1.82, 2.24) is 0 Å². The maximum Gasteiger partial charge on any atom is 0.255 e. The van der Waals surface area contributed by atoms with Gasteiger partial charge in [-0.3, -0.25) is 4.79 Å². The second kappa shape index (κ2) is 8.20. The second-order valence-corrected chi connectivity index (χ2v) is 6.81. The van der Waals surface area contributed by atoms with E-state index in [0.717, 1.165) is 21.7 Å². The molecule has 1 amide bonds. The Morgan fingerprint density at radius 3 is 2.12 bits per heavy atom. The van der Waals surface area contributed by atoms with Crippen LogP contribution in [-0.2, 0) is 0 Å². The van der Waals surface area contributed by atoms with Crippen LogP contribution in [0.4, 0.5) is 5.69 Å². The molecule has 0 aromatic heterocycles. The normalized spacial score (nSPS) is 10.8. The standard InChI is InChI=1S/C19H22BrNO3/c1-12(2)23-16-8-6-15(7-9-16)21-19(22)14-5-10-18(17(20)11-14)24-13(3)4/h5-13H,1-4H3,(H,21,22). The third-order valence-electron chi connectivity index (χ3n) is 3.04. The Morgan fingerprint density at radius 1 is 0.958 bits per heavy atom. The van der Waals surface area contributed by atoms with Crippen LogP contribution in [0.15, 0.2) is 46.9 Å². The van der Waals surface area contributed by atoms with Crippen molar-refractivity contribution in [1.29, 1.82) is 0 Å². The molecule has 5 heteroatoms. The van der Waals surface area contributed by atoms with E-state index in [-0.39, 0.29) is 18.1 Å². The molecule has 2 aromatic carbocycles. The first-order valence-electron chi connectivity index (χ1n) is 7.89. The van der Waals surface area contributed by atoms with Crippen molar-refractivity contribution in [2.75, 3.05) is 5.32 Å². The first-order valence-corrected chi connectivity index (χ1v) is 8.68. The van der Waals surface area contributed by atoms with Gasteiger partial charge < -0.3 is 14.8 Å². The highest BCUT2D eigenvalue weighted by Crippen LogP contribution is 2.27. The number of anilines is 1. The van der Waals surface area contributed by atoms with Crippen LogP contribution >= 0.6 is 15.9 Å². The van der Waals surface area contributed by atoms with Gasteiger partial charge in [-0.1, -0.05) is 0 Å². The zero-order valence-corrected chi connectivity index (χ0v) is 15.9. The van der Waals surface area contributed by atoms with Crippen molar-refractivity contribution < 1.29 is 14.3 Å². The predicted octanol–water partition coefficient (Wildman–Crippen LogP) is 5.28. The number of halogens is 1. The van der Waals surface area contributed by atoms with Gasteiger partial charge in [0.2, 0.25) is 0 Å². The topological polar surface area (TPSA) is 47.6 Å². The molecule has 0 spiro atoms. The number of amides is 1. The smallest absolute Gasteiger partial charge is 0.255 e. The molecule has 0 heterocycles. The van der Waals surface area contributed by atoms with Crippen molar-refractivity contribution in [3.63, 3.8) is 0 Å². The molecule has 0 fully saturated rings. The van der Waals surface area contributed by atoms with E-state index in [1.165, 1.54) is 0 Å². The van der Waals surface area contributed by atoms with E-state index in [9.17, 15) is 4.79 Å². The predicted molar refractivity (Wildman–Crippen MR) is 100 cm³/mol. The van der Waals surface area contributed by atoms with Crippen molar-refractivity contribution in [3.8, 4) is 11.5 Å². The van der Waals surface area contributed by atoms with E-state index in [1.54, 1.807) is 18.2 Å². The third kappa shape index (κ3) is 5.27. The lowest BCUT2D eigenvalue weighted by Gasteiger charge is -2.13. The average molecular weight is 392 g/mol. The molecule has 128 valence electrons. The number of rotatable bonds is 6. The Labute approximate surface area is 151 Å². The van der Waals surface area contributed by atoms with Crippen LogP contribution in [0.25, 0.3) is 0 Å². The number of nitrogens with one attached hydrogen (secondary N) is 1. The molecule has 0 radical (unpaired) electrons. The lowest BCUT2D eigenvalue weighted by atomic mass is 10.2. The summed E-state index contributed by atoms with van der Waals surface area (Å²) in [6.45, 7) is 7.86. The number of hydrogen-bond acceptors (Lipinski definition) is 3. The Kier molecular flexibility index (Phi) is 6.26. The Balaban J connectivity index is 2.05. The summed E-state index contributed by atoms with van der Waals surface area (Å²) in [6.07, 6.45) is 0.196. The molecule has 0 bridgehead atoms. The molecule has 2 rings (SSSR count). The fourth-order valence-electron chi connectivity index (χ4n) is 2.08. The fraction of sp³-hybridized carbons (Fsp3) is 0.316. The lowest BCUT2D eigenvalue weighted by molar-refractivity contribution is 0.102. The number of hydrogen-bond donors (Lipinski definition) is 1. The highest BCUT2D eigenvalue weighted by molar-refractivity contribution is 9.10. The molecule has 0 saturated carbocycles. The molecule has 2 aromatic rings. The molecule has 0 aliphatic heterocycles. The maximum absolute atomic E-state index is 12.4. The zero-order chi connectivity index (χ0) is 17.7. The maximum atomic E-state index is 12.4. The van der Waals surface area contributed by atoms with Gasteiger partial charge in [0.1, 0.15) is 11.5 Å². The second-order valence-electron chi connectivity index (χ2n) is 5.96. The third-order valence-corrected chi connectivity index (χ3v) is 3.66. The Morgan fingerprint density at radius 2 is 1.58 bits per heavy atom. The van der Waals surface area contributed by atoms with Gasteiger partial charge in [0.05, 0.1) is 16.7 Å². The molecule has 24 heavy (non-hydrogen) atoms. The van der Waals surface area contributed by atoms with Crippen molar-refractivity contribution in [3.05, 3.63) is 52.5 Å². The highest BCUT2D eigenvalue weighted by Gasteiger charge is 2.10. The number of ether oxygens (including phenoxy) is 2. The minimum atomic E-state index is -0.177. The van der Waals surface area contributed by atoms with E-state index in [4.69, 9.17) is 9.47 Å². The van der Waals surface area contributed by atoms with Gasteiger partial charge >= 0.3 is 0 Å². The van der Waals surface area contributed by atoms with E-state index in [2.05, 4.69) is 21.2 Å². The van der Waals surface area contributed by atoms with Crippen LogP contribution in [-0.4, -0.2) is 18.1 Å². The molecule has 4 nitrogen and oxygen atoms in total. The molecule has 1 N–H and O–H groups in total. The van der Waals surface area contributed by atoms with Crippen LogP contribution in [0.2, 0.25) is 0 Å². The molecule has 0 saturated heterocycles. The summed E-state index contributed by atoms with van der Waals surface area (Å²) in [4.78, 5) is 12.4. The van der Waals surface area contributed by atoms with Crippen LogP contribution in [0.3, 0.4) is 0 Å². The monoisotopic (exact) mass is 391 g/mol. The summed E-state index contributed by atoms with van der Waals surface area (Å²) < 4.78 is 12.0.